The molecule has 1 fully saturated rings. The Bertz CT molecular complexity index is 1250. The maximum Gasteiger partial charge on any atom is 0.373 e. The minimum absolute atomic E-state index is 0.0314. The molecule has 178 valence electrons. The van der Waals surface area contributed by atoms with Crippen LogP contribution in [0.4, 0.5) is 17.2 Å². The number of hydrogen-bond donors (Lipinski definition) is 1. The van der Waals surface area contributed by atoms with Crippen molar-refractivity contribution in [2.75, 3.05) is 24.7 Å². The molecule has 1 saturated heterocycles. The molecule has 0 aliphatic carbocycles. The van der Waals surface area contributed by atoms with Gasteiger partial charge in [0.2, 0.25) is 5.82 Å². The highest BCUT2D eigenvalue weighted by molar-refractivity contribution is 7.90. The van der Waals surface area contributed by atoms with E-state index in [1.165, 1.54) is 30.6 Å². The summed E-state index contributed by atoms with van der Waals surface area (Å²) in [5, 5.41) is 14.7. The molecule has 0 spiro atoms. The monoisotopic (exact) mass is 484 g/mol. The van der Waals surface area contributed by atoms with Gasteiger partial charge in [-0.3, -0.25) is 20.0 Å². The molecule has 12 heteroatoms. The topological polar surface area (TPSA) is 140 Å². The van der Waals surface area contributed by atoms with Gasteiger partial charge in [0.15, 0.2) is 9.84 Å². The first kappa shape index (κ1) is 23.5. The third kappa shape index (κ3) is 5.83. The lowest BCUT2D eigenvalue weighted by Gasteiger charge is -2.31. The molecular weight excluding hydrogens is 460 g/mol. The van der Waals surface area contributed by atoms with Crippen LogP contribution in [0.25, 0.3) is 0 Å². The van der Waals surface area contributed by atoms with Crippen molar-refractivity contribution in [3.8, 4) is 5.88 Å². The molecule has 0 bridgehead atoms. The predicted molar refractivity (Wildman–Crippen MR) is 125 cm³/mol. The van der Waals surface area contributed by atoms with E-state index in [1.807, 2.05) is 18.3 Å². The first-order chi connectivity index (χ1) is 16.3. The first-order valence-corrected chi connectivity index (χ1v) is 12.5. The van der Waals surface area contributed by atoms with Crippen LogP contribution in [-0.4, -0.2) is 58.6 Å². The normalized spacial score (nSPS) is 15.1. The number of likely N-dealkylation sites (tertiary alicyclic amines) is 1. The number of piperidine rings is 1. The number of anilines is 2. The molecule has 3 aromatic rings. The Hall–Kier alpha value is -3.64. The van der Waals surface area contributed by atoms with Crippen molar-refractivity contribution < 1.29 is 18.1 Å². The van der Waals surface area contributed by atoms with E-state index in [-0.39, 0.29) is 28.4 Å². The molecule has 4 rings (SSSR count). The number of hydrogen-bond acceptors (Lipinski definition) is 10. The maximum absolute atomic E-state index is 11.8. The second-order valence-corrected chi connectivity index (χ2v) is 10.0. The van der Waals surface area contributed by atoms with Gasteiger partial charge in [-0.2, -0.15) is 4.98 Å². The lowest BCUT2D eigenvalue weighted by atomic mass is 10.1. The fraction of sp³-hybridized carbons (Fsp3) is 0.318. The van der Waals surface area contributed by atoms with Gasteiger partial charge in [-0.15, -0.1) is 0 Å². The summed E-state index contributed by atoms with van der Waals surface area (Å²) in [6.07, 6.45) is 7.10. The van der Waals surface area contributed by atoms with Crippen LogP contribution in [0.2, 0.25) is 0 Å². The number of rotatable bonds is 8. The highest BCUT2D eigenvalue weighted by atomic mass is 32.2. The number of benzene rings is 1. The third-order valence-corrected chi connectivity index (χ3v) is 6.59. The van der Waals surface area contributed by atoms with Crippen molar-refractivity contribution in [3.05, 3.63) is 70.8 Å². The molecule has 1 aromatic carbocycles. The van der Waals surface area contributed by atoms with Crippen molar-refractivity contribution in [1.82, 2.24) is 19.9 Å². The Kier molecular flexibility index (Phi) is 6.98. The number of sulfone groups is 1. The van der Waals surface area contributed by atoms with Crippen LogP contribution in [0.15, 0.2) is 60.0 Å². The van der Waals surface area contributed by atoms with E-state index in [9.17, 15) is 18.5 Å². The Morgan fingerprint density at radius 2 is 1.91 bits per heavy atom. The zero-order valence-corrected chi connectivity index (χ0v) is 19.3. The van der Waals surface area contributed by atoms with Gasteiger partial charge in [-0.05, 0) is 48.7 Å². The Labute approximate surface area is 196 Å². The smallest absolute Gasteiger partial charge is 0.373 e. The van der Waals surface area contributed by atoms with Gasteiger partial charge in [0, 0.05) is 44.0 Å². The summed E-state index contributed by atoms with van der Waals surface area (Å²) in [5.41, 5.74) is 1.21. The molecule has 0 amide bonds. The summed E-state index contributed by atoms with van der Waals surface area (Å²) >= 11 is 0. The van der Waals surface area contributed by atoms with Gasteiger partial charge in [0.1, 0.15) is 12.4 Å². The zero-order valence-electron chi connectivity index (χ0n) is 18.5. The highest BCUT2D eigenvalue weighted by Gasteiger charge is 2.29. The summed E-state index contributed by atoms with van der Waals surface area (Å²) < 4.78 is 29.2. The molecular formula is C22H24N6O5S. The number of nitrogens with zero attached hydrogens (tertiary/aromatic N) is 5. The van der Waals surface area contributed by atoms with E-state index < -0.39 is 14.8 Å². The summed E-state index contributed by atoms with van der Waals surface area (Å²) in [5.74, 6) is -0.128. The predicted octanol–water partition coefficient (Wildman–Crippen LogP) is 2.97. The SMILES string of the molecule is CS(=O)(=O)c1ccc(Nc2ncnc(OC3CCN(Cc4cccnc4)CC3)c2[N+](=O)[O-])cc1. The van der Waals surface area contributed by atoms with Gasteiger partial charge < -0.3 is 10.1 Å². The quantitative estimate of drug-likeness (QED) is 0.375. The van der Waals surface area contributed by atoms with E-state index >= 15 is 0 Å². The minimum atomic E-state index is -3.35. The van der Waals surface area contributed by atoms with Crippen LogP contribution < -0.4 is 10.1 Å². The number of pyridine rings is 1. The van der Waals surface area contributed by atoms with Gasteiger partial charge in [0.05, 0.1) is 9.82 Å². The molecule has 11 nitrogen and oxygen atoms in total. The summed E-state index contributed by atoms with van der Waals surface area (Å²) in [6.45, 7) is 2.37. The first-order valence-electron chi connectivity index (χ1n) is 10.6. The van der Waals surface area contributed by atoms with Crippen molar-refractivity contribution >= 4 is 27.0 Å². The number of aromatic nitrogens is 3. The lowest BCUT2D eigenvalue weighted by molar-refractivity contribution is -0.385. The van der Waals surface area contributed by atoms with Crippen molar-refractivity contribution in [1.29, 1.82) is 0 Å². The Morgan fingerprint density at radius 3 is 2.53 bits per heavy atom. The second kappa shape index (κ2) is 10.1. The zero-order chi connectivity index (χ0) is 24.1. The molecule has 34 heavy (non-hydrogen) atoms. The fourth-order valence-electron chi connectivity index (χ4n) is 3.72. The second-order valence-electron chi connectivity index (χ2n) is 8.01. The minimum Gasteiger partial charge on any atom is -0.469 e. The van der Waals surface area contributed by atoms with E-state index in [2.05, 4.69) is 25.2 Å². The average Bonchev–Trinajstić information content (AvgIpc) is 2.81. The Morgan fingerprint density at radius 1 is 1.18 bits per heavy atom. The van der Waals surface area contributed by atoms with E-state index in [4.69, 9.17) is 4.74 Å². The van der Waals surface area contributed by atoms with Crippen LogP contribution in [-0.2, 0) is 16.4 Å². The van der Waals surface area contributed by atoms with Crippen LogP contribution in [0.3, 0.4) is 0 Å². The van der Waals surface area contributed by atoms with Crippen LogP contribution in [0.1, 0.15) is 18.4 Å². The number of ether oxygens (including phenoxy) is 1. The van der Waals surface area contributed by atoms with E-state index in [0.29, 0.717) is 18.5 Å². The molecule has 1 N–H and O–H groups in total. The largest absolute Gasteiger partial charge is 0.469 e. The molecule has 0 radical (unpaired) electrons. The lowest BCUT2D eigenvalue weighted by Crippen LogP contribution is -2.38. The molecule has 0 atom stereocenters. The average molecular weight is 485 g/mol. The fourth-order valence-corrected chi connectivity index (χ4v) is 4.35. The molecule has 0 saturated carbocycles. The van der Waals surface area contributed by atoms with Gasteiger partial charge in [0.25, 0.3) is 5.88 Å². The number of nitrogens with one attached hydrogen (secondary N) is 1. The van der Waals surface area contributed by atoms with Crippen molar-refractivity contribution in [2.24, 2.45) is 0 Å². The molecule has 1 aliphatic heterocycles. The standard InChI is InChI=1S/C22H24N6O5S/c1-34(31,32)19-6-4-17(5-7-19)26-21-20(28(29)30)22(25-15-24-21)33-18-8-11-27(12-9-18)14-16-3-2-10-23-13-16/h2-7,10,13,15,18H,8-9,11-12,14H2,1H3,(H,24,25,26). The number of nitro groups is 1. The third-order valence-electron chi connectivity index (χ3n) is 5.46. The van der Waals surface area contributed by atoms with Gasteiger partial charge in [-0.1, -0.05) is 6.07 Å². The van der Waals surface area contributed by atoms with Gasteiger partial charge in [-0.25, -0.2) is 13.4 Å². The van der Waals surface area contributed by atoms with Gasteiger partial charge >= 0.3 is 5.69 Å². The molecule has 3 heterocycles. The summed E-state index contributed by atoms with van der Waals surface area (Å²) in [7, 11) is -3.35. The highest BCUT2D eigenvalue weighted by Crippen LogP contribution is 2.34. The van der Waals surface area contributed by atoms with E-state index in [0.717, 1.165) is 31.5 Å². The van der Waals surface area contributed by atoms with Crippen molar-refractivity contribution in [2.45, 2.75) is 30.4 Å². The molecule has 1 aliphatic rings. The van der Waals surface area contributed by atoms with Crippen LogP contribution in [0.5, 0.6) is 5.88 Å². The summed E-state index contributed by atoms with van der Waals surface area (Å²) in [4.78, 5) is 25.8. The van der Waals surface area contributed by atoms with Crippen molar-refractivity contribution in [3.63, 3.8) is 0 Å². The maximum atomic E-state index is 11.8. The molecule has 0 unspecified atom stereocenters. The van der Waals surface area contributed by atoms with Crippen LogP contribution in [0, 0.1) is 10.1 Å². The summed E-state index contributed by atoms with van der Waals surface area (Å²) in [6, 6.07) is 9.80. The Balaban J connectivity index is 1.44. The van der Waals surface area contributed by atoms with E-state index in [1.54, 1.807) is 6.20 Å². The molecule has 2 aromatic heterocycles. The van der Waals surface area contributed by atoms with Crippen LogP contribution >= 0.6 is 0 Å².